The Bertz CT molecular complexity index is 913. The van der Waals surface area contributed by atoms with E-state index in [9.17, 15) is 13.2 Å². The third kappa shape index (κ3) is 4.80. The maximum absolute atomic E-state index is 12.3. The normalized spacial score (nSPS) is 12.9. The molecule has 0 atom stereocenters. The summed E-state index contributed by atoms with van der Waals surface area (Å²) in [5.74, 6) is 1.24. The standard InChI is InChI=1S/C17H18N2O7S/c1-23-12-2-4-13(5-3-12)26-11-17(20)18-19-27(21,22)14-6-7-15-16(10-14)25-9-8-24-15/h2-7,10,19H,8-9,11H2,1H3,(H,18,20). The van der Waals surface area contributed by atoms with Crippen molar-refractivity contribution in [1.82, 2.24) is 10.3 Å². The number of amides is 1. The number of hydrazine groups is 1. The van der Waals surface area contributed by atoms with E-state index in [2.05, 4.69) is 5.43 Å². The Morgan fingerprint density at radius 1 is 1.04 bits per heavy atom. The molecule has 0 spiro atoms. The van der Waals surface area contributed by atoms with Crippen LogP contribution in [0, 0.1) is 0 Å². The van der Waals surface area contributed by atoms with E-state index in [-0.39, 0.29) is 11.5 Å². The molecule has 0 saturated carbocycles. The molecule has 1 aliphatic heterocycles. The minimum Gasteiger partial charge on any atom is -0.497 e. The number of hydrogen-bond donors (Lipinski definition) is 2. The lowest BCUT2D eigenvalue weighted by Crippen LogP contribution is -2.43. The molecule has 2 aromatic rings. The van der Waals surface area contributed by atoms with Gasteiger partial charge < -0.3 is 18.9 Å². The van der Waals surface area contributed by atoms with Gasteiger partial charge in [0.15, 0.2) is 18.1 Å². The number of carbonyl (C=O) groups excluding carboxylic acids is 1. The molecule has 27 heavy (non-hydrogen) atoms. The highest BCUT2D eigenvalue weighted by molar-refractivity contribution is 7.89. The predicted molar refractivity (Wildman–Crippen MR) is 94.4 cm³/mol. The smallest absolute Gasteiger partial charge is 0.272 e. The van der Waals surface area contributed by atoms with Crippen molar-refractivity contribution in [1.29, 1.82) is 0 Å². The van der Waals surface area contributed by atoms with Crippen molar-refractivity contribution in [2.75, 3.05) is 26.9 Å². The quantitative estimate of drug-likeness (QED) is 0.670. The summed E-state index contributed by atoms with van der Waals surface area (Å²) < 4.78 is 45.6. The van der Waals surface area contributed by atoms with E-state index in [4.69, 9.17) is 18.9 Å². The van der Waals surface area contributed by atoms with E-state index >= 15 is 0 Å². The van der Waals surface area contributed by atoms with Crippen LogP contribution in [0.2, 0.25) is 0 Å². The minimum atomic E-state index is -3.97. The van der Waals surface area contributed by atoms with Crippen LogP contribution < -0.4 is 29.2 Å². The van der Waals surface area contributed by atoms with E-state index in [0.29, 0.717) is 36.2 Å². The molecule has 0 aromatic heterocycles. The number of benzene rings is 2. The van der Waals surface area contributed by atoms with Gasteiger partial charge in [-0.1, -0.05) is 0 Å². The maximum Gasteiger partial charge on any atom is 0.272 e. The largest absolute Gasteiger partial charge is 0.497 e. The number of hydrogen-bond acceptors (Lipinski definition) is 7. The zero-order valence-corrected chi connectivity index (χ0v) is 15.2. The van der Waals surface area contributed by atoms with Gasteiger partial charge in [-0.05, 0) is 36.4 Å². The average molecular weight is 394 g/mol. The number of sulfonamides is 1. The van der Waals surface area contributed by atoms with Crippen molar-refractivity contribution >= 4 is 15.9 Å². The predicted octanol–water partition coefficient (Wildman–Crippen LogP) is 0.855. The SMILES string of the molecule is COc1ccc(OCC(=O)NNS(=O)(=O)c2ccc3c(c2)OCCO3)cc1. The van der Waals surface area contributed by atoms with Gasteiger partial charge >= 0.3 is 0 Å². The third-order valence-electron chi connectivity index (χ3n) is 3.58. The summed E-state index contributed by atoms with van der Waals surface area (Å²) in [7, 11) is -2.43. The van der Waals surface area contributed by atoms with Crippen LogP contribution in [0.5, 0.6) is 23.0 Å². The fraction of sp³-hybridized carbons (Fsp3) is 0.235. The highest BCUT2D eigenvalue weighted by Gasteiger charge is 2.20. The number of nitrogens with one attached hydrogen (secondary N) is 2. The summed E-state index contributed by atoms with van der Waals surface area (Å²) in [5, 5.41) is 0. The molecule has 0 saturated heterocycles. The lowest BCUT2D eigenvalue weighted by Gasteiger charge is -2.19. The second-order valence-corrected chi connectivity index (χ2v) is 7.11. The molecule has 0 aliphatic carbocycles. The first kappa shape index (κ1) is 18.8. The molecule has 2 aromatic carbocycles. The fourth-order valence-electron chi connectivity index (χ4n) is 2.23. The molecule has 0 bridgehead atoms. The van der Waals surface area contributed by atoms with Crippen molar-refractivity contribution in [2.24, 2.45) is 0 Å². The summed E-state index contributed by atoms with van der Waals surface area (Å²) in [5.41, 5.74) is 2.10. The van der Waals surface area contributed by atoms with E-state index < -0.39 is 15.9 Å². The Kier molecular flexibility index (Phi) is 5.67. The first-order valence-electron chi connectivity index (χ1n) is 7.95. The average Bonchev–Trinajstić information content (AvgIpc) is 2.70. The molecule has 0 unspecified atom stereocenters. The van der Waals surface area contributed by atoms with Crippen LogP contribution in [-0.4, -0.2) is 41.3 Å². The zero-order valence-electron chi connectivity index (χ0n) is 14.4. The molecular weight excluding hydrogens is 376 g/mol. The Labute approximate surface area is 156 Å². The Hall–Kier alpha value is -2.98. The first-order valence-corrected chi connectivity index (χ1v) is 9.43. The van der Waals surface area contributed by atoms with E-state index in [1.807, 2.05) is 4.83 Å². The van der Waals surface area contributed by atoms with Crippen LogP contribution in [-0.2, 0) is 14.8 Å². The van der Waals surface area contributed by atoms with Crippen LogP contribution in [0.25, 0.3) is 0 Å². The van der Waals surface area contributed by atoms with Gasteiger partial charge in [-0.25, -0.2) is 8.42 Å². The van der Waals surface area contributed by atoms with Crippen LogP contribution in [0.4, 0.5) is 0 Å². The highest BCUT2D eigenvalue weighted by atomic mass is 32.2. The molecule has 0 radical (unpaired) electrons. The topological polar surface area (TPSA) is 112 Å². The third-order valence-corrected chi connectivity index (χ3v) is 4.82. The molecule has 1 amide bonds. The molecule has 9 nitrogen and oxygen atoms in total. The molecule has 1 heterocycles. The minimum absolute atomic E-state index is 0.0666. The summed E-state index contributed by atoms with van der Waals surface area (Å²) in [6.07, 6.45) is 0. The van der Waals surface area contributed by atoms with E-state index in [0.717, 1.165) is 0 Å². The van der Waals surface area contributed by atoms with Gasteiger partial charge in [0.1, 0.15) is 24.7 Å². The second kappa shape index (κ2) is 8.14. The fourth-order valence-corrected chi connectivity index (χ4v) is 3.11. The van der Waals surface area contributed by atoms with Gasteiger partial charge in [0.2, 0.25) is 0 Å². The first-order chi connectivity index (χ1) is 13.0. The summed E-state index contributed by atoms with van der Waals surface area (Å²) in [6, 6.07) is 10.8. The number of fused-ring (bicyclic) bond motifs is 1. The van der Waals surface area contributed by atoms with Crippen LogP contribution in [0.3, 0.4) is 0 Å². The molecule has 2 N–H and O–H groups in total. The molecular formula is C17H18N2O7S. The van der Waals surface area contributed by atoms with Crippen LogP contribution in [0.15, 0.2) is 47.4 Å². The molecule has 1 aliphatic rings. The van der Waals surface area contributed by atoms with Gasteiger partial charge in [-0.3, -0.25) is 10.2 Å². The van der Waals surface area contributed by atoms with Crippen molar-refractivity contribution in [3.05, 3.63) is 42.5 Å². The summed E-state index contributed by atoms with van der Waals surface area (Å²) in [6.45, 7) is 0.376. The van der Waals surface area contributed by atoms with Crippen molar-refractivity contribution < 1.29 is 32.2 Å². The second-order valence-electron chi connectivity index (χ2n) is 5.42. The van der Waals surface area contributed by atoms with Crippen molar-refractivity contribution in [3.8, 4) is 23.0 Å². The molecule has 3 rings (SSSR count). The highest BCUT2D eigenvalue weighted by Crippen LogP contribution is 2.32. The van der Waals surface area contributed by atoms with Gasteiger partial charge in [0.05, 0.1) is 12.0 Å². The summed E-state index contributed by atoms with van der Waals surface area (Å²) in [4.78, 5) is 13.8. The van der Waals surface area contributed by atoms with Crippen molar-refractivity contribution in [2.45, 2.75) is 4.90 Å². The van der Waals surface area contributed by atoms with Gasteiger partial charge in [-0.15, -0.1) is 4.83 Å². The number of carbonyl (C=O) groups is 1. The zero-order chi connectivity index (χ0) is 19.3. The van der Waals surface area contributed by atoms with Crippen LogP contribution >= 0.6 is 0 Å². The lowest BCUT2D eigenvalue weighted by atomic mass is 10.3. The lowest BCUT2D eigenvalue weighted by molar-refractivity contribution is -0.123. The number of ether oxygens (including phenoxy) is 4. The van der Waals surface area contributed by atoms with E-state index in [1.165, 1.54) is 25.3 Å². The number of rotatable bonds is 7. The molecule has 0 fully saturated rings. The van der Waals surface area contributed by atoms with Gasteiger partial charge in [0.25, 0.3) is 15.9 Å². The van der Waals surface area contributed by atoms with Crippen molar-refractivity contribution in [3.63, 3.8) is 0 Å². The number of methoxy groups -OCH3 is 1. The van der Waals surface area contributed by atoms with Gasteiger partial charge in [0, 0.05) is 6.07 Å². The maximum atomic E-state index is 12.3. The monoisotopic (exact) mass is 394 g/mol. The van der Waals surface area contributed by atoms with E-state index in [1.54, 1.807) is 24.3 Å². The molecule has 10 heteroatoms. The Morgan fingerprint density at radius 2 is 1.70 bits per heavy atom. The van der Waals surface area contributed by atoms with Gasteiger partial charge in [-0.2, -0.15) is 0 Å². The molecule has 144 valence electrons. The van der Waals surface area contributed by atoms with Crippen LogP contribution in [0.1, 0.15) is 0 Å². The summed E-state index contributed by atoms with van der Waals surface area (Å²) >= 11 is 0. The Morgan fingerprint density at radius 3 is 2.41 bits per heavy atom. The Balaban J connectivity index is 1.54.